The smallest absolute Gasteiger partial charge is 0.323 e. The molecule has 0 radical (unpaired) electrons. The fourth-order valence-electron chi connectivity index (χ4n) is 3.48. The highest BCUT2D eigenvalue weighted by atomic mass is 16.5. The Morgan fingerprint density at radius 1 is 1.21 bits per heavy atom. The maximum atomic E-state index is 12.3. The first kappa shape index (κ1) is 18.2. The molecular formula is C19H24O5. The first-order valence-corrected chi connectivity index (χ1v) is 8.01. The Hall–Kier alpha value is -2.14. The van der Waals surface area contributed by atoms with Gasteiger partial charge in [0.05, 0.1) is 20.3 Å². The Morgan fingerprint density at radius 2 is 1.79 bits per heavy atom. The van der Waals surface area contributed by atoms with E-state index in [0.29, 0.717) is 6.61 Å². The topological polar surface area (TPSA) is 61.8 Å². The van der Waals surface area contributed by atoms with E-state index in [1.807, 2.05) is 37.3 Å². The first-order chi connectivity index (χ1) is 11.5. The van der Waals surface area contributed by atoms with E-state index in [2.05, 4.69) is 6.58 Å². The van der Waals surface area contributed by atoms with Gasteiger partial charge in [-0.25, -0.2) is 0 Å². The van der Waals surface area contributed by atoms with Crippen molar-refractivity contribution < 1.29 is 23.8 Å². The largest absolute Gasteiger partial charge is 0.468 e. The molecule has 1 aromatic carbocycles. The maximum absolute atomic E-state index is 12.3. The van der Waals surface area contributed by atoms with Gasteiger partial charge in [0.15, 0.2) is 5.41 Å². The Kier molecular flexibility index (Phi) is 5.78. The third-order valence-electron chi connectivity index (χ3n) is 4.61. The van der Waals surface area contributed by atoms with Gasteiger partial charge in [-0.05, 0) is 25.3 Å². The zero-order valence-electron chi connectivity index (χ0n) is 14.4. The normalized spacial score (nSPS) is 20.5. The molecule has 0 saturated heterocycles. The van der Waals surface area contributed by atoms with Crippen LogP contribution < -0.4 is 0 Å². The summed E-state index contributed by atoms with van der Waals surface area (Å²) in [5, 5.41) is 0. The van der Waals surface area contributed by atoms with E-state index < -0.39 is 17.4 Å². The van der Waals surface area contributed by atoms with E-state index in [9.17, 15) is 9.59 Å². The molecule has 0 N–H and O–H groups in total. The van der Waals surface area contributed by atoms with Crippen molar-refractivity contribution in [2.75, 3.05) is 20.8 Å². The Labute approximate surface area is 142 Å². The van der Waals surface area contributed by atoms with E-state index >= 15 is 0 Å². The van der Waals surface area contributed by atoms with Crippen molar-refractivity contribution in [3.63, 3.8) is 0 Å². The number of esters is 2. The molecule has 0 bridgehead atoms. The molecule has 1 aliphatic rings. The van der Waals surface area contributed by atoms with Crippen LogP contribution in [0.25, 0.3) is 0 Å². The summed E-state index contributed by atoms with van der Waals surface area (Å²) in [6.45, 7) is 6.54. The van der Waals surface area contributed by atoms with Gasteiger partial charge in [-0.3, -0.25) is 9.59 Å². The second-order valence-corrected chi connectivity index (χ2v) is 6.00. The summed E-state index contributed by atoms with van der Waals surface area (Å²) in [5.41, 5.74) is 0.458. The van der Waals surface area contributed by atoms with Crippen molar-refractivity contribution in [1.29, 1.82) is 0 Å². The SMILES string of the molecule is C=C1CC(C(=O)OC)(C(=O)OC)C[C@@H]1[C@@H](OCC)c1ccccc1. The molecule has 5 nitrogen and oxygen atoms in total. The van der Waals surface area contributed by atoms with Gasteiger partial charge in [-0.1, -0.05) is 42.5 Å². The molecule has 0 heterocycles. The van der Waals surface area contributed by atoms with Crippen molar-refractivity contribution >= 4 is 11.9 Å². The van der Waals surface area contributed by atoms with Gasteiger partial charge in [0.2, 0.25) is 0 Å². The summed E-state index contributed by atoms with van der Waals surface area (Å²) in [6.07, 6.45) is 0.220. The van der Waals surface area contributed by atoms with Gasteiger partial charge in [0.1, 0.15) is 0 Å². The summed E-state index contributed by atoms with van der Waals surface area (Å²) in [4.78, 5) is 24.7. The van der Waals surface area contributed by atoms with Crippen LogP contribution in [0.15, 0.2) is 42.5 Å². The zero-order chi connectivity index (χ0) is 17.7. The second-order valence-electron chi connectivity index (χ2n) is 6.00. The quantitative estimate of drug-likeness (QED) is 0.455. The van der Waals surface area contributed by atoms with Crippen LogP contribution in [-0.2, 0) is 23.8 Å². The summed E-state index contributed by atoms with van der Waals surface area (Å²) >= 11 is 0. The molecule has 1 saturated carbocycles. The van der Waals surface area contributed by atoms with Crippen LogP contribution in [0.3, 0.4) is 0 Å². The second kappa shape index (κ2) is 7.62. The minimum absolute atomic E-state index is 0.162. The van der Waals surface area contributed by atoms with Crippen molar-refractivity contribution in [2.24, 2.45) is 11.3 Å². The molecule has 130 valence electrons. The Morgan fingerprint density at radius 3 is 2.29 bits per heavy atom. The highest BCUT2D eigenvalue weighted by molar-refractivity contribution is 6.01. The fraction of sp³-hybridized carbons (Fsp3) is 0.474. The number of hydrogen-bond donors (Lipinski definition) is 0. The van der Waals surface area contributed by atoms with Crippen molar-refractivity contribution in [3.05, 3.63) is 48.0 Å². The monoisotopic (exact) mass is 332 g/mol. The van der Waals surface area contributed by atoms with Crippen LogP contribution in [0.2, 0.25) is 0 Å². The number of ether oxygens (including phenoxy) is 3. The molecule has 24 heavy (non-hydrogen) atoms. The number of carbonyl (C=O) groups excluding carboxylic acids is 2. The van der Waals surface area contributed by atoms with Gasteiger partial charge in [-0.2, -0.15) is 0 Å². The van der Waals surface area contributed by atoms with E-state index in [0.717, 1.165) is 11.1 Å². The molecule has 1 aliphatic carbocycles. The number of rotatable bonds is 6. The number of hydrogen-bond acceptors (Lipinski definition) is 5. The predicted molar refractivity (Wildman–Crippen MR) is 89.1 cm³/mol. The third-order valence-corrected chi connectivity index (χ3v) is 4.61. The van der Waals surface area contributed by atoms with Gasteiger partial charge in [-0.15, -0.1) is 0 Å². The molecule has 0 aromatic heterocycles. The molecule has 1 fully saturated rings. The van der Waals surface area contributed by atoms with Crippen LogP contribution in [-0.4, -0.2) is 32.8 Å². The average Bonchev–Trinajstić information content (AvgIpc) is 2.97. The zero-order valence-corrected chi connectivity index (χ0v) is 14.4. The highest BCUT2D eigenvalue weighted by Crippen LogP contribution is 2.51. The predicted octanol–water partition coefficient (Wildman–Crippen LogP) is 3.06. The average molecular weight is 332 g/mol. The number of methoxy groups -OCH3 is 2. The lowest BCUT2D eigenvalue weighted by atomic mass is 9.83. The van der Waals surface area contributed by atoms with Crippen molar-refractivity contribution in [1.82, 2.24) is 0 Å². The molecule has 1 aromatic rings. The maximum Gasteiger partial charge on any atom is 0.323 e. The van der Waals surface area contributed by atoms with Gasteiger partial charge < -0.3 is 14.2 Å². The van der Waals surface area contributed by atoms with E-state index in [4.69, 9.17) is 14.2 Å². The molecule has 0 unspecified atom stereocenters. The standard InChI is InChI=1S/C19H24O5/c1-5-24-16(14-9-7-6-8-10-14)15-12-19(11-13(15)2,17(20)22-3)18(21)23-4/h6-10,15-16H,2,5,11-12H2,1,3-4H3/t15-,16-/m0/s1. The first-order valence-electron chi connectivity index (χ1n) is 8.01. The lowest BCUT2D eigenvalue weighted by molar-refractivity contribution is -0.169. The van der Waals surface area contributed by atoms with Crippen LogP contribution >= 0.6 is 0 Å². The van der Waals surface area contributed by atoms with Gasteiger partial charge in [0.25, 0.3) is 0 Å². The fourth-order valence-corrected chi connectivity index (χ4v) is 3.48. The Bertz CT molecular complexity index is 591. The molecule has 5 heteroatoms. The summed E-state index contributed by atoms with van der Waals surface area (Å²) in [5.74, 6) is -1.33. The molecular weight excluding hydrogens is 308 g/mol. The highest BCUT2D eigenvalue weighted by Gasteiger charge is 2.56. The molecule has 2 atom stereocenters. The summed E-state index contributed by atoms with van der Waals surface area (Å²) < 4.78 is 15.7. The summed E-state index contributed by atoms with van der Waals surface area (Å²) in [7, 11) is 2.56. The van der Waals surface area contributed by atoms with E-state index in [-0.39, 0.29) is 24.9 Å². The van der Waals surface area contributed by atoms with Crippen LogP contribution in [0, 0.1) is 11.3 Å². The Balaban J connectivity index is 2.38. The van der Waals surface area contributed by atoms with Crippen LogP contribution in [0.1, 0.15) is 31.4 Å². The minimum atomic E-state index is -1.34. The molecule has 0 amide bonds. The van der Waals surface area contributed by atoms with Crippen LogP contribution in [0.4, 0.5) is 0 Å². The lowest BCUT2D eigenvalue weighted by Gasteiger charge is -2.27. The molecule has 0 aliphatic heterocycles. The number of carbonyl (C=O) groups is 2. The summed E-state index contributed by atoms with van der Waals surface area (Å²) in [6, 6.07) is 9.76. The van der Waals surface area contributed by atoms with Crippen molar-refractivity contribution in [3.8, 4) is 0 Å². The van der Waals surface area contributed by atoms with Gasteiger partial charge >= 0.3 is 11.9 Å². The van der Waals surface area contributed by atoms with Crippen molar-refractivity contribution in [2.45, 2.75) is 25.9 Å². The molecule has 0 spiro atoms. The van der Waals surface area contributed by atoms with E-state index in [1.54, 1.807) is 0 Å². The lowest BCUT2D eigenvalue weighted by Crippen LogP contribution is -2.39. The molecule has 2 rings (SSSR count). The third kappa shape index (κ3) is 3.22. The van der Waals surface area contributed by atoms with Gasteiger partial charge in [0, 0.05) is 12.5 Å². The van der Waals surface area contributed by atoms with Crippen LogP contribution in [0.5, 0.6) is 0 Å². The number of benzene rings is 1. The minimum Gasteiger partial charge on any atom is -0.468 e. The van der Waals surface area contributed by atoms with E-state index in [1.165, 1.54) is 14.2 Å².